The van der Waals surface area contributed by atoms with Gasteiger partial charge in [0.05, 0.1) is 34.3 Å². The van der Waals surface area contributed by atoms with E-state index in [0.29, 0.717) is 17.0 Å². The monoisotopic (exact) mass is 497 g/mol. The zero-order valence-corrected chi connectivity index (χ0v) is 20.1. The van der Waals surface area contributed by atoms with Gasteiger partial charge < -0.3 is 14.9 Å². The van der Waals surface area contributed by atoms with Crippen molar-refractivity contribution in [2.45, 2.75) is 19.9 Å². The first-order valence-corrected chi connectivity index (χ1v) is 11.1. The Balaban J connectivity index is 2.02. The summed E-state index contributed by atoms with van der Waals surface area (Å²) in [6.07, 6.45) is 0. The number of halogens is 2. The number of phenolic OH excluding ortho intramolecular Hbond substituents is 1. The first-order valence-electron chi connectivity index (χ1n) is 10.3. The number of methoxy groups -OCH3 is 1. The fourth-order valence-corrected chi connectivity index (χ4v) is 4.58. The minimum absolute atomic E-state index is 0.0544. The summed E-state index contributed by atoms with van der Waals surface area (Å²) in [5.74, 6) is -1.77. The molecule has 1 aliphatic heterocycles. The molecule has 0 bridgehead atoms. The molecule has 1 saturated heterocycles. The molecular formula is C26H21Cl2NO5. The summed E-state index contributed by atoms with van der Waals surface area (Å²) < 4.78 is 5.50. The van der Waals surface area contributed by atoms with Crippen LogP contribution < -0.4 is 9.64 Å². The SMILES string of the molecule is COc1c(C)cc(C)cc1/C(O)=C1\C(=O)C(=O)N(c2ccc(Cl)c(Cl)c2)C1c1cccc(O)c1. The number of rotatable bonds is 4. The molecule has 6 nitrogen and oxygen atoms in total. The third kappa shape index (κ3) is 4.00. The Morgan fingerprint density at radius 3 is 2.38 bits per heavy atom. The van der Waals surface area contributed by atoms with Crippen molar-refractivity contribution in [2.24, 2.45) is 0 Å². The Labute approximate surface area is 206 Å². The number of Topliss-reactive ketones (excluding diaryl/α,β-unsaturated/α-hetero) is 1. The highest BCUT2D eigenvalue weighted by Gasteiger charge is 2.47. The minimum atomic E-state index is -1.03. The molecule has 1 heterocycles. The van der Waals surface area contributed by atoms with Crippen LogP contribution in [0.5, 0.6) is 11.5 Å². The Bertz CT molecular complexity index is 1370. The van der Waals surface area contributed by atoms with Gasteiger partial charge in [0.15, 0.2) is 0 Å². The first kappa shape index (κ1) is 23.7. The highest BCUT2D eigenvalue weighted by Crippen LogP contribution is 2.45. The van der Waals surface area contributed by atoms with E-state index in [1.165, 1.54) is 36.3 Å². The maximum atomic E-state index is 13.3. The largest absolute Gasteiger partial charge is 0.508 e. The summed E-state index contributed by atoms with van der Waals surface area (Å²) in [7, 11) is 1.47. The van der Waals surface area contributed by atoms with Crippen molar-refractivity contribution in [1.29, 1.82) is 0 Å². The number of aliphatic hydroxyl groups excluding tert-OH is 1. The Hall–Kier alpha value is -3.48. The van der Waals surface area contributed by atoms with E-state index in [9.17, 15) is 19.8 Å². The van der Waals surface area contributed by atoms with E-state index in [0.717, 1.165) is 11.1 Å². The molecule has 4 rings (SSSR count). The van der Waals surface area contributed by atoms with Crippen LogP contribution in [0.3, 0.4) is 0 Å². The van der Waals surface area contributed by atoms with Gasteiger partial charge in [0.25, 0.3) is 11.7 Å². The van der Waals surface area contributed by atoms with Crippen LogP contribution in [0.15, 0.2) is 60.2 Å². The number of aryl methyl sites for hydroxylation is 2. The van der Waals surface area contributed by atoms with Gasteiger partial charge in [-0.3, -0.25) is 14.5 Å². The third-order valence-corrected chi connectivity index (χ3v) is 6.43. The molecule has 0 aliphatic carbocycles. The smallest absolute Gasteiger partial charge is 0.300 e. The van der Waals surface area contributed by atoms with Gasteiger partial charge in [-0.1, -0.05) is 41.4 Å². The molecule has 174 valence electrons. The average molecular weight is 498 g/mol. The lowest BCUT2D eigenvalue weighted by molar-refractivity contribution is -0.132. The van der Waals surface area contributed by atoms with Gasteiger partial charge in [0.2, 0.25) is 0 Å². The normalized spacial score (nSPS) is 17.3. The fourth-order valence-electron chi connectivity index (χ4n) is 4.29. The number of ether oxygens (including phenoxy) is 1. The molecule has 34 heavy (non-hydrogen) atoms. The molecule has 1 atom stereocenters. The minimum Gasteiger partial charge on any atom is -0.508 e. The van der Waals surface area contributed by atoms with Gasteiger partial charge >= 0.3 is 0 Å². The number of amides is 1. The second-order valence-electron chi connectivity index (χ2n) is 8.03. The number of hydrogen-bond acceptors (Lipinski definition) is 5. The standard InChI is InChI=1S/C26H21Cl2NO5/c1-13-9-14(2)25(34-3)18(10-13)23(31)21-22(15-5-4-6-17(30)11-15)29(26(33)24(21)32)16-7-8-19(27)20(28)12-16/h4-12,22,30-31H,1-3H3/b23-21+. The van der Waals surface area contributed by atoms with Crippen molar-refractivity contribution < 1.29 is 24.5 Å². The Kier molecular flexibility index (Phi) is 6.30. The van der Waals surface area contributed by atoms with Crippen LogP contribution in [0.1, 0.15) is 28.3 Å². The molecular weight excluding hydrogens is 477 g/mol. The highest BCUT2D eigenvalue weighted by atomic mass is 35.5. The van der Waals surface area contributed by atoms with Gasteiger partial charge in [-0.05, 0) is 66.9 Å². The predicted molar refractivity (Wildman–Crippen MR) is 132 cm³/mol. The van der Waals surface area contributed by atoms with Gasteiger partial charge in [-0.15, -0.1) is 0 Å². The van der Waals surface area contributed by atoms with Crippen molar-refractivity contribution in [2.75, 3.05) is 12.0 Å². The topological polar surface area (TPSA) is 87.1 Å². The van der Waals surface area contributed by atoms with Gasteiger partial charge in [-0.25, -0.2) is 0 Å². The fraction of sp³-hybridized carbons (Fsp3) is 0.154. The number of aliphatic hydroxyl groups is 1. The van der Waals surface area contributed by atoms with Crippen LogP contribution in [0.4, 0.5) is 5.69 Å². The summed E-state index contributed by atoms with van der Waals surface area (Å²) in [4.78, 5) is 27.8. The quantitative estimate of drug-likeness (QED) is 0.264. The van der Waals surface area contributed by atoms with Crippen LogP contribution in [0.2, 0.25) is 10.0 Å². The molecule has 1 aliphatic rings. The lowest BCUT2D eigenvalue weighted by Gasteiger charge is -2.26. The number of carbonyl (C=O) groups is 2. The van der Waals surface area contributed by atoms with Gasteiger partial charge in [0, 0.05) is 5.69 Å². The molecule has 2 N–H and O–H groups in total. The number of phenols is 1. The molecule has 0 saturated carbocycles. The van der Waals surface area contributed by atoms with Crippen LogP contribution in [-0.4, -0.2) is 29.0 Å². The zero-order chi connectivity index (χ0) is 24.7. The summed E-state index contributed by atoms with van der Waals surface area (Å²) in [5.41, 5.74) is 2.50. The number of anilines is 1. The molecule has 3 aromatic rings. The van der Waals surface area contributed by atoms with Crippen molar-refractivity contribution in [1.82, 2.24) is 0 Å². The molecule has 1 amide bonds. The summed E-state index contributed by atoms with van der Waals surface area (Å²) in [5, 5.41) is 22.0. The first-order chi connectivity index (χ1) is 16.1. The Morgan fingerprint density at radius 2 is 1.74 bits per heavy atom. The molecule has 0 aromatic heterocycles. The summed E-state index contributed by atoms with van der Waals surface area (Å²) in [6.45, 7) is 3.67. The molecule has 0 spiro atoms. The van der Waals surface area contributed by atoms with Crippen molar-refractivity contribution in [3.63, 3.8) is 0 Å². The van der Waals surface area contributed by atoms with Gasteiger partial charge in [0.1, 0.15) is 17.3 Å². The van der Waals surface area contributed by atoms with Crippen LogP contribution in [-0.2, 0) is 9.59 Å². The number of ketones is 1. The van der Waals surface area contributed by atoms with Crippen molar-refractivity contribution in [3.8, 4) is 11.5 Å². The number of carbonyl (C=O) groups excluding carboxylic acids is 2. The van der Waals surface area contributed by atoms with Crippen LogP contribution in [0.25, 0.3) is 5.76 Å². The van der Waals surface area contributed by atoms with E-state index in [4.69, 9.17) is 27.9 Å². The maximum absolute atomic E-state index is 13.3. The van der Waals surface area contributed by atoms with E-state index in [2.05, 4.69) is 0 Å². The number of benzene rings is 3. The van der Waals surface area contributed by atoms with Gasteiger partial charge in [-0.2, -0.15) is 0 Å². The molecule has 8 heteroatoms. The third-order valence-electron chi connectivity index (χ3n) is 5.69. The summed E-state index contributed by atoms with van der Waals surface area (Å²) >= 11 is 12.2. The van der Waals surface area contributed by atoms with E-state index in [1.807, 2.05) is 19.9 Å². The molecule has 0 radical (unpaired) electrons. The van der Waals surface area contributed by atoms with Crippen molar-refractivity contribution >= 4 is 46.3 Å². The second kappa shape index (κ2) is 9.05. The number of aromatic hydroxyl groups is 1. The van der Waals surface area contributed by atoms with E-state index < -0.39 is 17.7 Å². The number of nitrogens with zero attached hydrogens (tertiary/aromatic N) is 1. The summed E-state index contributed by atoms with van der Waals surface area (Å²) in [6, 6.07) is 13.3. The predicted octanol–water partition coefficient (Wildman–Crippen LogP) is 5.95. The average Bonchev–Trinajstić information content (AvgIpc) is 3.05. The van der Waals surface area contributed by atoms with E-state index in [-0.39, 0.29) is 32.7 Å². The van der Waals surface area contributed by atoms with E-state index >= 15 is 0 Å². The van der Waals surface area contributed by atoms with Crippen LogP contribution >= 0.6 is 23.2 Å². The maximum Gasteiger partial charge on any atom is 0.300 e. The highest BCUT2D eigenvalue weighted by molar-refractivity contribution is 6.52. The van der Waals surface area contributed by atoms with Crippen LogP contribution in [0, 0.1) is 13.8 Å². The zero-order valence-electron chi connectivity index (χ0n) is 18.6. The van der Waals surface area contributed by atoms with Crippen molar-refractivity contribution in [3.05, 3.63) is 92.5 Å². The van der Waals surface area contributed by atoms with E-state index in [1.54, 1.807) is 24.3 Å². The lowest BCUT2D eigenvalue weighted by atomic mass is 9.93. The second-order valence-corrected chi connectivity index (χ2v) is 8.84. The Morgan fingerprint density at radius 1 is 1.00 bits per heavy atom. The molecule has 3 aromatic carbocycles. The lowest BCUT2D eigenvalue weighted by Crippen LogP contribution is -2.29. The molecule has 1 unspecified atom stereocenters. The molecule has 1 fully saturated rings. The number of hydrogen-bond donors (Lipinski definition) is 2.